The third-order valence-corrected chi connectivity index (χ3v) is 4.21. The fourth-order valence-corrected chi connectivity index (χ4v) is 3.05. The summed E-state index contributed by atoms with van der Waals surface area (Å²) in [6, 6.07) is 0.649. The minimum absolute atomic E-state index is 0.570. The number of amidine groups is 1. The van der Waals surface area contributed by atoms with Crippen molar-refractivity contribution < 1.29 is 0 Å². The molecular formula is C13H25N3. The maximum Gasteiger partial charge on any atom is 0.0990 e. The van der Waals surface area contributed by atoms with Gasteiger partial charge in [-0.2, -0.15) is 0 Å². The van der Waals surface area contributed by atoms with Crippen LogP contribution in [0.5, 0.6) is 0 Å². The molecule has 92 valence electrons. The quantitative estimate of drug-likeness (QED) is 0.574. The van der Waals surface area contributed by atoms with Crippen molar-refractivity contribution in [2.45, 2.75) is 44.6 Å². The van der Waals surface area contributed by atoms with Crippen molar-refractivity contribution in [1.29, 1.82) is 5.41 Å². The first-order valence-electron chi connectivity index (χ1n) is 6.68. The summed E-state index contributed by atoms with van der Waals surface area (Å²) < 4.78 is 0. The minimum Gasteiger partial charge on any atom is -0.359 e. The molecule has 1 unspecified atom stereocenters. The monoisotopic (exact) mass is 223 g/mol. The standard InChI is InChI=1S/C13H25N3/c1-15(2)12-8-5-9-16(10-12)13(14)11-6-3-4-7-11/h11-12,14H,3-10H2,1-2H3. The molecule has 1 aliphatic heterocycles. The number of likely N-dealkylation sites (N-methyl/N-ethyl adjacent to an activating group) is 1. The van der Waals surface area contributed by atoms with Crippen LogP contribution in [0.3, 0.4) is 0 Å². The molecule has 0 aromatic carbocycles. The van der Waals surface area contributed by atoms with E-state index in [9.17, 15) is 0 Å². The van der Waals surface area contributed by atoms with Gasteiger partial charge in [-0.25, -0.2) is 0 Å². The van der Waals surface area contributed by atoms with Crippen LogP contribution in [0.25, 0.3) is 0 Å². The van der Waals surface area contributed by atoms with Crippen LogP contribution in [0.15, 0.2) is 0 Å². The number of piperidine rings is 1. The molecule has 1 heterocycles. The number of nitrogens with one attached hydrogen (secondary N) is 1. The van der Waals surface area contributed by atoms with E-state index in [4.69, 9.17) is 5.41 Å². The molecule has 0 aromatic rings. The summed E-state index contributed by atoms with van der Waals surface area (Å²) in [6.45, 7) is 2.18. The van der Waals surface area contributed by atoms with E-state index in [-0.39, 0.29) is 0 Å². The van der Waals surface area contributed by atoms with E-state index in [2.05, 4.69) is 23.9 Å². The van der Waals surface area contributed by atoms with Gasteiger partial charge in [0.1, 0.15) is 0 Å². The van der Waals surface area contributed by atoms with E-state index in [0.717, 1.165) is 18.9 Å². The Balaban J connectivity index is 1.90. The number of rotatable bonds is 2. The maximum atomic E-state index is 8.32. The van der Waals surface area contributed by atoms with Gasteiger partial charge < -0.3 is 9.80 Å². The summed E-state index contributed by atoms with van der Waals surface area (Å²) >= 11 is 0. The molecule has 3 heteroatoms. The fraction of sp³-hybridized carbons (Fsp3) is 0.923. The third kappa shape index (κ3) is 2.57. The van der Waals surface area contributed by atoms with Gasteiger partial charge >= 0.3 is 0 Å². The highest BCUT2D eigenvalue weighted by atomic mass is 15.2. The molecule has 1 saturated heterocycles. The molecule has 2 rings (SSSR count). The summed E-state index contributed by atoms with van der Waals surface area (Å²) in [7, 11) is 4.32. The molecule has 1 saturated carbocycles. The van der Waals surface area contributed by atoms with Crippen LogP contribution in [0.1, 0.15) is 38.5 Å². The second kappa shape index (κ2) is 5.17. The predicted molar refractivity (Wildman–Crippen MR) is 68.0 cm³/mol. The van der Waals surface area contributed by atoms with Gasteiger partial charge in [0.25, 0.3) is 0 Å². The van der Waals surface area contributed by atoms with Gasteiger partial charge in [-0.1, -0.05) is 12.8 Å². The summed E-state index contributed by atoms with van der Waals surface area (Å²) in [5.41, 5.74) is 0. The van der Waals surface area contributed by atoms with E-state index in [1.54, 1.807) is 0 Å². The van der Waals surface area contributed by atoms with Crippen molar-refractivity contribution in [2.75, 3.05) is 27.2 Å². The highest BCUT2D eigenvalue weighted by molar-refractivity contribution is 5.82. The molecule has 1 aliphatic carbocycles. The molecular weight excluding hydrogens is 198 g/mol. The second-order valence-corrected chi connectivity index (χ2v) is 5.57. The van der Waals surface area contributed by atoms with Gasteiger partial charge in [-0.05, 0) is 39.8 Å². The predicted octanol–water partition coefficient (Wildman–Crippen LogP) is 2.18. The molecule has 2 aliphatic rings. The topological polar surface area (TPSA) is 30.3 Å². The summed E-state index contributed by atoms with van der Waals surface area (Å²) in [4.78, 5) is 4.65. The Labute approximate surface area is 99.3 Å². The zero-order chi connectivity index (χ0) is 11.5. The lowest BCUT2D eigenvalue weighted by molar-refractivity contribution is 0.179. The Bertz CT molecular complexity index is 244. The molecule has 2 fully saturated rings. The van der Waals surface area contributed by atoms with Crippen molar-refractivity contribution in [2.24, 2.45) is 5.92 Å². The van der Waals surface area contributed by atoms with Crippen molar-refractivity contribution >= 4 is 5.84 Å². The third-order valence-electron chi connectivity index (χ3n) is 4.21. The zero-order valence-electron chi connectivity index (χ0n) is 10.7. The molecule has 0 amide bonds. The molecule has 0 aromatic heterocycles. The molecule has 0 spiro atoms. The highest BCUT2D eigenvalue weighted by Crippen LogP contribution is 2.28. The summed E-state index contributed by atoms with van der Waals surface area (Å²) in [5.74, 6) is 1.50. The first kappa shape index (κ1) is 11.9. The van der Waals surface area contributed by atoms with Crippen LogP contribution >= 0.6 is 0 Å². The minimum atomic E-state index is 0.570. The smallest absolute Gasteiger partial charge is 0.0990 e. The Morgan fingerprint density at radius 1 is 1.12 bits per heavy atom. The molecule has 0 bridgehead atoms. The summed E-state index contributed by atoms with van der Waals surface area (Å²) in [6.07, 6.45) is 7.71. The zero-order valence-corrected chi connectivity index (χ0v) is 10.7. The highest BCUT2D eigenvalue weighted by Gasteiger charge is 2.28. The maximum absolute atomic E-state index is 8.32. The van der Waals surface area contributed by atoms with Crippen LogP contribution in [-0.4, -0.2) is 48.9 Å². The molecule has 1 N–H and O–H groups in total. The van der Waals surface area contributed by atoms with Crippen LogP contribution in [-0.2, 0) is 0 Å². The lowest BCUT2D eigenvalue weighted by atomic mass is 10.0. The van der Waals surface area contributed by atoms with Crippen LogP contribution in [0.2, 0.25) is 0 Å². The van der Waals surface area contributed by atoms with Gasteiger partial charge in [-0.3, -0.25) is 5.41 Å². The molecule has 3 nitrogen and oxygen atoms in total. The number of nitrogens with zero attached hydrogens (tertiary/aromatic N) is 2. The van der Waals surface area contributed by atoms with E-state index in [1.165, 1.54) is 38.5 Å². The van der Waals surface area contributed by atoms with Crippen LogP contribution in [0, 0.1) is 11.3 Å². The Hall–Kier alpha value is -0.570. The van der Waals surface area contributed by atoms with Gasteiger partial charge in [0.15, 0.2) is 0 Å². The normalized spacial score (nSPS) is 27.7. The Kier molecular flexibility index (Phi) is 3.85. The van der Waals surface area contributed by atoms with Crippen molar-refractivity contribution in [3.63, 3.8) is 0 Å². The largest absolute Gasteiger partial charge is 0.359 e. The van der Waals surface area contributed by atoms with Crippen LogP contribution < -0.4 is 0 Å². The van der Waals surface area contributed by atoms with Crippen molar-refractivity contribution in [3.05, 3.63) is 0 Å². The van der Waals surface area contributed by atoms with E-state index in [1.807, 2.05) is 0 Å². The summed E-state index contributed by atoms with van der Waals surface area (Å²) in [5, 5.41) is 8.32. The van der Waals surface area contributed by atoms with Gasteiger partial charge in [0.05, 0.1) is 5.84 Å². The molecule has 16 heavy (non-hydrogen) atoms. The molecule has 1 atom stereocenters. The average Bonchev–Trinajstić information content (AvgIpc) is 2.81. The Morgan fingerprint density at radius 2 is 1.81 bits per heavy atom. The first-order valence-corrected chi connectivity index (χ1v) is 6.68. The van der Waals surface area contributed by atoms with Crippen molar-refractivity contribution in [1.82, 2.24) is 9.80 Å². The second-order valence-electron chi connectivity index (χ2n) is 5.57. The number of hydrogen-bond donors (Lipinski definition) is 1. The average molecular weight is 223 g/mol. The van der Waals surface area contributed by atoms with Gasteiger partial charge in [-0.15, -0.1) is 0 Å². The lowest BCUT2D eigenvalue weighted by Gasteiger charge is -2.38. The lowest BCUT2D eigenvalue weighted by Crippen LogP contribution is -2.48. The van der Waals surface area contributed by atoms with Gasteiger partial charge in [0.2, 0.25) is 0 Å². The first-order chi connectivity index (χ1) is 7.68. The van der Waals surface area contributed by atoms with E-state index >= 15 is 0 Å². The SMILES string of the molecule is CN(C)C1CCCN(C(=N)C2CCCC2)C1. The van der Waals surface area contributed by atoms with E-state index < -0.39 is 0 Å². The fourth-order valence-electron chi connectivity index (χ4n) is 3.05. The molecule has 0 radical (unpaired) electrons. The van der Waals surface area contributed by atoms with Crippen LogP contribution in [0.4, 0.5) is 0 Å². The number of likely N-dealkylation sites (tertiary alicyclic amines) is 1. The number of hydrogen-bond acceptors (Lipinski definition) is 2. The Morgan fingerprint density at radius 3 is 2.44 bits per heavy atom. The van der Waals surface area contributed by atoms with Gasteiger partial charge in [0, 0.05) is 25.0 Å². The van der Waals surface area contributed by atoms with Crippen molar-refractivity contribution in [3.8, 4) is 0 Å². The van der Waals surface area contributed by atoms with E-state index in [0.29, 0.717) is 12.0 Å².